The summed E-state index contributed by atoms with van der Waals surface area (Å²) in [6, 6.07) is 8.77. The first-order chi connectivity index (χ1) is 9.90. The van der Waals surface area contributed by atoms with E-state index in [0.29, 0.717) is 6.54 Å². The van der Waals surface area contributed by atoms with Gasteiger partial charge in [0.2, 0.25) is 5.82 Å². The Labute approximate surface area is 132 Å². The first-order valence-corrected chi connectivity index (χ1v) is 7.63. The molecule has 2 rings (SSSR count). The van der Waals surface area contributed by atoms with Crippen LogP contribution in [0.2, 0.25) is 0 Å². The molecule has 0 spiro atoms. The van der Waals surface area contributed by atoms with Crippen LogP contribution in [0.25, 0.3) is 0 Å². The fourth-order valence-corrected chi connectivity index (χ4v) is 2.88. The molecular weight excluding hydrogens is 367 g/mol. The zero-order valence-electron chi connectivity index (χ0n) is 10.9. The van der Waals surface area contributed by atoms with Gasteiger partial charge in [0.15, 0.2) is 0 Å². The Balaban J connectivity index is 2.38. The quantitative estimate of drug-likeness (QED) is 0.773. The van der Waals surface area contributed by atoms with Gasteiger partial charge in [-0.05, 0) is 35.0 Å². The number of halogens is 4. The molecule has 8 heteroatoms. The molecular formula is C13H11BrF3N3S. The maximum Gasteiger partial charge on any atom is 0.451 e. The zero-order chi connectivity index (χ0) is 15.5. The molecule has 1 aromatic heterocycles. The molecule has 0 fully saturated rings. The summed E-state index contributed by atoms with van der Waals surface area (Å²) in [4.78, 5) is 7.86. The Kier molecular flexibility index (Phi) is 5.10. The summed E-state index contributed by atoms with van der Waals surface area (Å²) in [6.07, 6.45) is -4.57. The van der Waals surface area contributed by atoms with Crippen LogP contribution in [0.3, 0.4) is 0 Å². The van der Waals surface area contributed by atoms with E-state index in [-0.39, 0.29) is 10.8 Å². The van der Waals surface area contributed by atoms with Gasteiger partial charge in [-0.15, -0.1) is 0 Å². The van der Waals surface area contributed by atoms with Gasteiger partial charge in [-0.2, -0.15) is 13.2 Å². The van der Waals surface area contributed by atoms with Crippen LogP contribution in [-0.2, 0) is 6.18 Å². The largest absolute Gasteiger partial charge is 0.451 e. The molecule has 0 atom stereocenters. The van der Waals surface area contributed by atoms with Gasteiger partial charge >= 0.3 is 6.18 Å². The highest BCUT2D eigenvalue weighted by Crippen LogP contribution is 2.35. The molecule has 0 aliphatic rings. The van der Waals surface area contributed by atoms with Crippen molar-refractivity contribution in [2.75, 3.05) is 11.9 Å². The van der Waals surface area contributed by atoms with Gasteiger partial charge in [-0.1, -0.05) is 23.9 Å². The molecule has 1 heterocycles. The maximum absolute atomic E-state index is 12.8. The molecule has 1 N–H and O–H groups in total. The van der Waals surface area contributed by atoms with Crippen molar-refractivity contribution in [3.63, 3.8) is 0 Å². The fourth-order valence-electron chi connectivity index (χ4n) is 1.52. The molecule has 0 unspecified atom stereocenters. The molecule has 0 amide bonds. The van der Waals surface area contributed by atoms with Crippen molar-refractivity contribution in [1.29, 1.82) is 0 Å². The summed E-state index contributed by atoms with van der Waals surface area (Å²) in [7, 11) is 0. The standard InChI is InChI=1S/C13H11BrF3N3S/c1-2-18-10-7-11(20-12(19-10)13(15,16)17)21-9-6-4-3-5-8(9)14/h3-7H,2H2,1H3,(H,18,19,20). The first-order valence-electron chi connectivity index (χ1n) is 6.02. The van der Waals surface area contributed by atoms with Gasteiger partial charge in [0, 0.05) is 22.0 Å². The third-order valence-corrected chi connectivity index (χ3v) is 4.31. The number of nitrogens with zero attached hydrogens (tertiary/aromatic N) is 2. The summed E-state index contributed by atoms with van der Waals surface area (Å²) in [5.41, 5.74) is 0. The van der Waals surface area contributed by atoms with E-state index in [0.717, 1.165) is 21.1 Å². The Hall–Kier alpha value is -1.28. The van der Waals surface area contributed by atoms with Crippen LogP contribution in [0.1, 0.15) is 12.7 Å². The number of hydrogen-bond donors (Lipinski definition) is 1. The minimum Gasteiger partial charge on any atom is -0.370 e. The Morgan fingerprint density at radius 2 is 1.95 bits per heavy atom. The van der Waals surface area contributed by atoms with Crippen LogP contribution in [-0.4, -0.2) is 16.5 Å². The first kappa shape index (κ1) is 16.1. The predicted molar refractivity (Wildman–Crippen MR) is 79.5 cm³/mol. The lowest BCUT2D eigenvalue weighted by Crippen LogP contribution is -2.13. The third-order valence-electron chi connectivity index (χ3n) is 2.37. The molecule has 21 heavy (non-hydrogen) atoms. The number of benzene rings is 1. The SMILES string of the molecule is CCNc1cc(Sc2ccccc2Br)nc(C(F)(F)F)n1. The monoisotopic (exact) mass is 377 g/mol. The van der Waals surface area contributed by atoms with Crippen molar-refractivity contribution in [3.05, 3.63) is 40.6 Å². The average Bonchev–Trinajstić information content (AvgIpc) is 2.41. The second kappa shape index (κ2) is 6.65. The van der Waals surface area contributed by atoms with E-state index in [2.05, 4.69) is 31.2 Å². The van der Waals surface area contributed by atoms with Gasteiger partial charge in [0.05, 0.1) is 0 Å². The zero-order valence-corrected chi connectivity index (χ0v) is 13.3. The second-order valence-electron chi connectivity index (χ2n) is 3.98. The van der Waals surface area contributed by atoms with Crippen molar-refractivity contribution in [2.24, 2.45) is 0 Å². The van der Waals surface area contributed by atoms with Crippen LogP contribution >= 0.6 is 27.7 Å². The van der Waals surface area contributed by atoms with Crippen LogP contribution in [0, 0.1) is 0 Å². The van der Waals surface area contributed by atoms with E-state index in [4.69, 9.17) is 0 Å². The smallest absolute Gasteiger partial charge is 0.370 e. The van der Waals surface area contributed by atoms with E-state index < -0.39 is 12.0 Å². The molecule has 0 aliphatic carbocycles. The molecule has 3 nitrogen and oxygen atoms in total. The van der Waals surface area contributed by atoms with Crippen molar-refractivity contribution >= 4 is 33.5 Å². The van der Waals surface area contributed by atoms with Gasteiger partial charge < -0.3 is 5.32 Å². The lowest BCUT2D eigenvalue weighted by Gasteiger charge is -2.11. The van der Waals surface area contributed by atoms with Crippen molar-refractivity contribution in [1.82, 2.24) is 9.97 Å². The summed E-state index contributed by atoms with van der Waals surface area (Å²) in [5, 5.41) is 3.02. The molecule has 1 aromatic carbocycles. The summed E-state index contributed by atoms with van der Waals surface area (Å²) in [5.74, 6) is -0.982. The summed E-state index contributed by atoms with van der Waals surface area (Å²) < 4.78 is 39.3. The fraction of sp³-hybridized carbons (Fsp3) is 0.231. The van der Waals surface area contributed by atoms with Crippen LogP contribution < -0.4 is 5.32 Å². The van der Waals surface area contributed by atoms with E-state index in [1.54, 1.807) is 13.0 Å². The maximum atomic E-state index is 12.8. The normalized spacial score (nSPS) is 11.5. The highest BCUT2D eigenvalue weighted by atomic mass is 79.9. The molecule has 112 valence electrons. The molecule has 0 aliphatic heterocycles. The highest BCUT2D eigenvalue weighted by molar-refractivity contribution is 9.10. The van der Waals surface area contributed by atoms with Gasteiger partial charge in [0.25, 0.3) is 0 Å². The summed E-state index contributed by atoms with van der Waals surface area (Å²) in [6.45, 7) is 2.27. The van der Waals surface area contributed by atoms with Crippen molar-refractivity contribution < 1.29 is 13.2 Å². The Bertz CT molecular complexity index is 634. The lowest BCUT2D eigenvalue weighted by atomic mass is 10.4. The van der Waals surface area contributed by atoms with Crippen LogP contribution in [0.15, 0.2) is 44.7 Å². The average molecular weight is 378 g/mol. The third kappa shape index (κ3) is 4.34. The minimum atomic E-state index is -4.57. The number of nitrogens with one attached hydrogen (secondary N) is 1. The van der Waals surface area contributed by atoms with Crippen LogP contribution in [0.4, 0.5) is 19.0 Å². The number of anilines is 1. The van der Waals surface area contributed by atoms with E-state index in [1.807, 2.05) is 18.2 Å². The Morgan fingerprint density at radius 3 is 2.57 bits per heavy atom. The topological polar surface area (TPSA) is 37.8 Å². The minimum absolute atomic E-state index is 0.161. The molecule has 2 aromatic rings. The number of hydrogen-bond acceptors (Lipinski definition) is 4. The van der Waals surface area contributed by atoms with E-state index in [9.17, 15) is 13.2 Å². The Morgan fingerprint density at radius 1 is 1.24 bits per heavy atom. The van der Waals surface area contributed by atoms with Gasteiger partial charge in [-0.25, -0.2) is 9.97 Å². The van der Waals surface area contributed by atoms with Gasteiger partial charge in [0.1, 0.15) is 10.8 Å². The lowest BCUT2D eigenvalue weighted by molar-refractivity contribution is -0.145. The van der Waals surface area contributed by atoms with Crippen molar-refractivity contribution in [3.8, 4) is 0 Å². The van der Waals surface area contributed by atoms with Crippen LogP contribution in [0.5, 0.6) is 0 Å². The van der Waals surface area contributed by atoms with Crippen molar-refractivity contribution in [2.45, 2.75) is 23.0 Å². The number of aromatic nitrogens is 2. The molecule has 0 bridgehead atoms. The van der Waals surface area contributed by atoms with E-state index in [1.165, 1.54) is 6.07 Å². The second-order valence-corrected chi connectivity index (χ2v) is 5.89. The molecule has 0 saturated heterocycles. The highest BCUT2D eigenvalue weighted by Gasteiger charge is 2.35. The number of alkyl halides is 3. The number of rotatable bonds is 4. The molecule has 0 radical (unpaired) electrons. The van der Waals surface area contributed by atoms with E-state index >= 15 is 0 Å². The summed E-state index contributed by atoms with van der Waals surface area (Å²) >= 11 is 4.51. The van der Waals surface area contributed by atoms with Gasteiger partial charge in [-0.3, -0.25) is 0 Å². The molecule has 0 saturated carbocycles. The predicted octanol–water partition coefficient (Wildman–Crippen LogP) is 4.84.